The highest BCUT2D eigenvalue weighted by Gasteiger charge is 2.26. The Hall–Kier alpha value is -1.82. The van der Waals surface area contributed by atoms with Crippen molar-refractivity contribution in [3.8, 4) is 0 Å². The Labute approximate surface area is 184 Å². The van der Waals surface area contributed by atoms with Crippen LogP contribution in [0, 0.1) is 0 Å². The number of hydrogen-bond donors (Lipinski definition) is 1. The first-order chi connectivity index (χ1) is 14.0. The maximum absolute atomic E-state index is 12.7. The molecule has 0 bridgehead atoms. The minimum atomic E-state index is -0.352. The van der Waals surface area contributed by atoms with Gasteiger partial charge in [0.1, 0.15) is 5.00 Å². The summed E-state index contributed by atoms with van der Waals surface area (Å²) in [5.41, 5.74) is 2.33. The van der Waals surface area contributed by atoms with Gasteiger partial charge in [0.25, 0.3) is 0 Å². The molecule has 0 unspecified atom stereocenters. The first-order valence-corrected chi connectivity index (χ1v) is 11.3. The zero-order valence-electron chi connectivity index (χ0n) is 16.2. The van der Waals surface area contributed by atoms with Crippen molar-refractivity contribution < 1.29 is 14.3 Å². The van der Waals surface area contributed by atoms with Gasteiger partial charge in [0.15, 0.2) is 0 Å². The highest BCUT2D eigenvalue weighted by atomic mass is 35.5. The van der Waals surface area contributed by atoms with Gasteiger partial charge in [-0.15, -0.1) is 11.3 Å². The Kier molecular flexibility index (Phi) is 7.76. The number of benzene rings is 1. The largest absolute Gasteiger partial charge is 0.462 e. The number of carbonyl (C=O) groups is 2. The molecule has 29 heavy (non-hydrogen) atoms. The molecule has 1 aromatic carbocycles. The third-order valence-electron chi connectivity index (χ3n) is 4.67. The Morgan fingerprint density at radius 3 is 2.72 bits per heavy atom. The second-order valence-corrected chi connectivity index (χ2v) is 8.82. The van der Waals surface area contributed by atoms with E-state index in [9.17, 15) is 9.59 Å². The zero-order chi connectivity index (χ0) is 20.8. The van der Waals surface area contributed by atoms with Gasteiger partial charge in [0.05, 0.1) is 22.2 Å². The predicted molar refractivity (Wildman–Crippen MR) is 120 cm³/mol. The lowest BCUT2D eigenvalue weighted by Gasteiger charge is -2.08. The highest BCUT2D eigenvalue weighted by molar-refractivity contribution is 7.17. The molecule has 4 nitrogen and oxygen atoms in total. The third-order valence-corrected chi connectivity index (χ3v) is 6.62. The van der Waals surface area contributed by atoms with E-state index >= 15 is 0 Å². The lowest BCUT2D eigenvalue weighted by atomic mass is 10.1. The summed E-state index contributed by atoms with van der Waals surface area (Å²) in [7, 11) is 0. The molecule has 0 saturated heterocycles. The SMILES string of the molecule is CCCOC(=O)c1c(NC(=O)C=Cc2ccc(Cl)c(Cl)c2)sc2c1CCCCC2. The number of carbonyl (C=O) groups excluding carboxylic acids is 2. The van der Waals surface area contributed by atoms with Gasteiger partial charge >= 0.3 is 5.97 Å². The molecular formula is C22H23Cl2NO3S. The fraction of sp³-hybridized carbons (Fsp3) is 0.364. The number of nitrogens with one attached hydrogen (secondary N) is 1. The molecule has 0 spiro atoms. The van der Waals surface area contributed by atoms with E-state index < -0.39 is 0 Å². The maximum atomic E-state index is 12.7. The standard InChI is InChI=1S/C22H23Cl2NO3S/c1-2-12-28-22(27)20-15-6-4-3-5-7-18(15)29-21(20)25-19(26)11-9-14-8-10-16(23)17(24)13-14/h8-11,13H,2-7,12H2,1H3,(H,25,26). The summed E-state index contributed by atoms with van der Waals surface area (Å²) >= 11 is 13.4. The van der Waals surface area contributed by atoms with Gasteiger partial charge in [0, 0.05) is 11.0 Å². The van der Waals surface area contributed by atoms with Crippen LogP contribution in [-0.2, 0) is 22.4 Å². The molecule has 1 heterocycles. The molecular weight excluding hydrogens is 429 g/mol. The highest BCUT2D eigenvalue weighted by Crippen LogP contribution is 2.38. The number of aryl methyl sites for hydroxylation is 1. The van der Waals surface area contributed by atoms with Crippen LogP contribution in [0.15, 0.2) is 24.3 Å². The van der Waals surface area contributed by atoms with Crippen LogP contribution in [0.25, 0.3) is 6.08 Å². The summed E-state index contributed by atoms with van der Waals surface area (Å²) in [5.74, 6) is -0.660. The van der Waals surface area contributed by atoms with Gasteiger partial charge in [-0.25, -0.2) is 4.79 Å². The molecule has 0 saturated carbocycles. The summed E-state index contributed by atoms with van der Waals surface area (Å²) in [6.07, 6.45) is 8.91. The number of hydrogen-bond acceptors (Lipinski definition) is 4. The Morgan fingerprint density at radius 2 is 1.97 bits per heavy atom. The van der Waals surface area contributed by atoms with Crippen LogP contribution in [0.1, 0.15) is 59.0 Å². The van der Waals surface area contributed by atoms with E-state index in [0.717, 1.165) is 49.7 Å². The van der Waals surface area contributed by atoms with Crippen LogP contribution < -0.4 is 5.32 Å². The number of thiophene rings is 1. The topological polar surface area (TPSA) is 55.4 Å². The molecule has 154 valence electrons. The van der Waals surface area contributed by atoms with E-state index in [0.29, 0.717) is 27.2 Å². The first-order valence-electron chi connectivity index (χ1n) is 9.75. The van der Waals surface area contributed by atoms with Crippen LogP contribution in [0.5, 0.6) is 0 Å². The molecule has 1 aliphatic carbocycles. The van der Waals surface area contributed by atoms with Gasteiger partial charge in [-0.2, -0.15) is 0 Å². The van der Waals surface area contributed by atoms with E-state index in [1.165, 1.54) is 22.3 Å². The van der Waals surface area contributed by atoms with Crippen molar-refractivity contribution >= 4 is 57.5 Å². The molecule has 1 N–H and O–H groups in total. The fourth-order valence-corrected chi connectivity index (χ4v) is 4.84. The summed E-state index contributed by atoms with van der Waals surface area (Å²) in [5, 5.41) is 4.34. The lowest BCUT2D eigenvalue weighted by Crippen LogP contribution is -2.13. The van der Waals surface area contributed by atoms with Gasteiger partial charge in [-0.1, -0.05) is 42.6 Å². The Balaban J connectivity index is 1.81. The molecule has 1 aliphatic rings. The number of halogens is 2. The molecule has 0 radical (unpaired) electrons. The molecule has 0 aliphatic heterocycles. The minimum Gasteiger partial charge on any atom is -0.462 e. The average Bonchev–Trinajstić information content (AvgIpc) is 2.87. The van der Waals surface area contributed by atoms with Crippen molar-refractivity contribution in [3.05, 3.63) is 55.9 Å². The van der Waals surface area contributed by atoms with Crippen molar-refractivity contribution in [2.45, 2.75) is 45.4 Å². The van der Waals surface area contributed by atoms with Crippen molar-refractivity contribution in [1.82, 2.24) is 0 Å². The average molecular weight is 452 g/mol. The normalized spacial score (nSPS) is 13.8. The van der Waals surface area contributed by atoms with Crippen LogP contribution in [0.2, 0.25) is 10.0 Å². The zero-order valence-corrected chi connectivity index (χ0v) is 18.6. The van der Waals surface area contributed by atoms with Crippen molar-refractivity contribution in [3.63, 3.8) is 0 Å². The molecule has 7 heteroatoms. The van der Waals surface area contributed by atoms with Gasteiger partial charge in [-0.3, -0.25) is 4.79 Å². The summed E-state index contributed by atoms with van der Waals surface area (Å²) in [4.78, 5) is 26.4. The maximum Gasteiger partial charge on any atom is 0.341 e. The molecule has 1 aromatic heterocycles. The second-order valence-electron chi connectivity index (χ2n) is 6.90. The van der Waals surface area contributed by atoms with Gasteiger partial charge < -0.3 is 10.1 Å². The quantitative estimate of drug-likeness (QED) is 0.308. The lowest BCUT2D eigenvalue weighted by molar-refractivity contribution is -0.111. The fourth-order valence-electron chi connectivity index (χ4n) is 3.26. The van der Waals surface area contributed by atoms with Crippen molar-refractivity contribution in [2.75, 3.05) is 11.9 Å². The van der Waals surface area contributed by atoms with Crippen molar-refractivity contribution in [2.24, 2.45) is 0 Å². The summed E-state index contributed by atoms with van der Waals surface area (Å²) in [6.45, 7) is 2.33. The van der Waals surface area contributed by atoms with Crippen LogP contribution >= 0.6 is 34.5 Å². The number of anilines is 1. The number of fused-ring (bicyclic) bond motifs is 1. The van der Waals surface area contributed by atoms with Gasteiger partial charge in [0.2, 0.25) is 5.91 Å². The first kappa shape index (κ1) is 21.9. The van der Waals surface area contributed by atoms with Crippen LogP contribution in [0.4, 0.5) is 5.00 Å². The Morgan fingerprint density at radius 1 is 1.17 bits per heavy atom. The minimum absolute atomic E-state index is 0.308. The Bertz CT molecular complexity index is 936. The third kappa shape index (κ3) is 5.62. The molecule has 2 aromatic rings. The molecule has 0 fully saturated rings. The molecule has 3 rings (SSSR count). The molecule has 1 amide bonds. The van der Waals surface area contributed by atoms with E-state index in [1.54, 1.807) is 24.3 Å². The van der Waals surface area contributed by atoms with E-state index in [2.05, 4.69) is 5.32 Å². The summed E-state index contributed by atoms with van der Waals surface area (Å²) < 4.78 is 5.39. The van der Waals surface area contributed by atoms with Crippen molar-refractivity contribution in [1.29, 1.82) is 0 Å². The van der Waals surface area contributed by atoms with Crippen LogP contribution in [0.3, 0.4) is 0 Å². The van der Waals surface area contributed by atoms with E-state index in [4.69, 9.17) is 27.9 Å². The number of ether oxygens (including phenoxy) is 1. The number of amides is 1. The molecule has 0 atom stereocenters. The van der Waals surface area contributed by atoms with E-state index in [1.807, 2.05) is 6.92 Å². The smallest absolute Gasteiger partial charge is 0.341 e. The second kappa shape index (κ2) is 10.3. The van der Waals surface area contributed by atoms with Gasteiger partial charge in [-0.05, 0) is 61.4 Å². The number of rotatable bonds is 6. The number of esters is 1. The predicted octanol–water partition coefficient (Wildman–Crippen LogP) is 6.54. The monoisotopic (exact) mass is 451 g/mol. The van der Waals surface area contributed by atoms with E-state index in [-0.39, 0.29) is 11.9 Å². The summed E-state index contributed by atoms with van der Waals surface area (Å²) in [6, 6.07) is 5.15. The van der Waals surface area contributed by atoms with Crippen LogP contribution in [-0.4, -0.2) is 18.5 Å².